The summed E-state index contributed by atoms with van der Waals surface area (Å²) in [6, 6.07) is 5.58. The normalized spacial score (nSPS) is 11.7. The summed E-state index contributed by atoms with van der Waals surface area (Å²) >= 11 is 0. The number of unbranched alkanes of at least 4 members (excludes halogenated alkanes) is 7. The second-order valence-electron chi connectivity index (χ2n) is 10.4. The van der Waals surface area contributed by atoms with Crippen LogP contribution in [0.3, 0.4) is 0 Å². The van der Waals surface area contributed by atoms with Crippen molar-refractivity contribution < 1.29 is 18.6 Å². The van der Waals surface area contributed by atoms with Crippen molar-refractivity contribution in [3.63, 3.8) is 0 Å². The SMILES string of the molecule is CCCCCCCCCCOc1c(OC/C=C(\C)CCC=C(C)C)c2cccc(OC(C)C)c2oc1=O. The highest BCUT2D eigenvalue weighted by molar-refractivity contribution is 5.89. The first-order chi connectivity index (χ1) is 17.8. The molecule has 0 fully saturated rings. The van der Waals surface area contributed by atoms with Crippen LogP contribution < -0.4 is 19.8 Å². The second kappa shape index (κ2) is 16.9. The van der Waals surface area contributed by atoms with E-state index in [9.17, 15) is 4.79 Å². The molecule has 0 saturated heterocycles. The summed E-state index contributed by atoms with van der Waals surface area (Å²) < 4.78 is 23.8. The molecule has 0 aliphatic heterocycles. The zero-order chi connectivity index (χ0) is 27.0. The van der Waals surface area contributed by atoms with Crippen LogP contribution in [0.25, 0.3) is 11.0 Å². The first-order valence-corrected chi connectivity index (χ1v) is 14.1. The van der Waals surface area contributed by atoms with Crippen LogP contribution in [-0.4, -0.2) is 19.3 Å². The van der Waals surface area contributed by atoms with Gasteiger partial charge in [-0.05, 0) is 72.1 Å². The van der Waals surface area contributed by atoms with Gasteiger partial charge in [-0.3, -0.25) is 0 Å². The third-order valence-corrected chi connectivity index (χ3v) is 6.17. The van der Waals surface area contributed by atoms with Gasteiger partial charge in [0.1, 0.15) is 6.61 Å². The van der Waals surface area contributed by atoms with E-state index in [0.717, 1.165) is 25.7 Å². The van der Waals surface area contributed by atoms with Crippen LogP contribution in [0.15, 0.2) is 50.7 Å². The Morgan fingerprint density at radius 3 is 2.30 bits per heavy atom. The lowest BCUT2D eigenvalue weighted by atomic mass is 10.1. The van der Waals surface area contributed by atoms with Gasteiger partial charge in [-0.2, -0.15) is 0 Å². The average molecular weight is 513 g/mol. The van der Waals surface area contributed by atoms with Gasteiger partial charge in [-0.25, -0.2) is 4.79 Å². The van der Waals surface area contributed by atoms with Crippen molar-refractivity contribution >= 4 is 11.0 Å². The van der Waals surface area contributed by atoms with Gasteiger partial charge in [-0.15, -0.1) is 0 Å². The fraction of sp³-hybridized carbons (Fsp3) is 0.594. The molecule has 206 valence electrons. The topological polar surface area (TPSA) is 57.9 Å². The van der Waals surface area contributed by atoms with Gasteiger partial charge < -0.3 is 18.6 Å². The monoisotopic (exact) mass is 512 g/mol. The molecule has 0 aliphatic rings. The quantitative estimate of drug-likeness (QED) is 0.113. The Hall–Kier alpha value is -2.69. The molecule has 0 spiro atoms. The molecular weight excluding hydrogens is 464 g/mol. The lowest BCUT2D eigenvalue weighted by molar-refractivity contribution is 0.239. The Labute approximate surface area is 223 Å². The van der Waals surface area contributed by atoms with Crippen molar-refractivity contribution in [2.24, 2.45) is 0 Å². The molecule has 5 nitrogen and oxygen atoms in total. The van der Waals surface area contributed by atoms with E-state index >= 15 is 0 Å². The molecule has 0 aliphatic carbocycles. The fourth-order valence-corrected chi connectivity index (χ4v) is 4.14. The van der Waals surface area contributed by atoms with Gasteiger partial charge in [0.15, 0.2) is 17.1 Å². The Morgan fingerprint density at radius 1 is 0.919 bits per heavy atom. The highest BCUT2D eigenvalue weighted by Gasteiger charge is 2.20. The predicted molar refractivity (Wildman–Crippen MR) is 154 cm³/mol. The van der Waals surface area contributed by atoms with Gasteiger partial charge in [0.05, 0.1) is 18.1 Å². The van der Waals surface area contributed by atoms with Gasteiger partial charge in [-0.1, -0.05) is 75.2 Å². The molecular formula is C32H48O5. The number of ether oxygens (including phenoxy) is 3. The van der Waals surface area contributed by atoms with Gasteiger partial charge >= 0.3 is 5.63 Å². The van der Waals surface area contributed by atoms with Crippen LogP contribution >= 0.6 is 0 Å². The zero-order valence-corrected chi connectivity index (χ0v) is 24.0. The Balaban J connectivity index is 2.16. The molecule has 0 radical (unpaired) electrons. The van der Waals surface area contributed by atoms with E-state index in [0.29, 0.717) is 35.7 Å². The zero-order valence-electron chi connectivity index (χ0n) is 24.0. The van der Waals surface area contributed by atoms with E-state index in [2.05, 4.69) is 39.8 Å². The molecule has 2 rings (SSSR count). The summed E-state index contributed by atoms with van der Waals surface area (Å²) in [6.07, 6.45) is 15.8. The molecule has 0 bridgehead atoms. The van der Waals surface area contributed by atoms with E-state index in [1.165, 1.54) is 49.7 Å². The Morgan fingerprint density at radius 2 is 1.62 bits per heavy atom. The fourth-order valence-electron chi connectivity index (χ4n) is 4.14. The van der Waals surface area contributed by atoms with Crippen LogP contribution in [0.5, 0.6) is 17.2 Å². The summed E-state index contributed by atoms with van der Waals surface area (Å²) in [5.74, 6) is 1.10. The Kier molecular flexibility index (Phi) is 14.0. The smallest absolute Gasteiger partial charge is 0.383 e. The number of benzene rings is 1. The number of hydrogen-bond acceptors (Lipinski definition) is 5. The third-order valence-electron chi connectivity index (χ3n) is 6.17. The number of rotatable bonds is 18. The van der Waals surface area contributed by atoms with Crippen molar-refractivity contribution in [3.05, 3.63) is 51.9 Å². The summed E-state index contributed by atoms with van der Waals surface area (Å²) in [6.45, 7) is 13.3. The lowest BCUT2D eigenvalue weighted by Gasteiger charge is -2.16. The molecule has 0 saturated carbocycles. The summed E-state index contributed by atoms with van der Waals surface area (Å²) in [4.78, 5) is 13.0. The summed E-state index contributed by atoms with van der Waals surface area (Å²) in [5, 5.41) is 0.680. The minimum Gasteiger partial charge on any atom is -0.487 e. The van der Waals surface area contributed by atoms with Crippen molar-refractivity contribution in [1.29, 1.82) is 0 Å². The maximum Gasteiger partial charge on any atom is 0.383 e. The molecule has 2 aromatic rings. The first kappa shape index (κ1) is 30.5. The highest BCUT2D eigenvalue weighted by Crippen LogP contribution is 2.37. The van der Waals surface area contributed by atoms with Gasteiger partial charge in [0, 0.05) is 0 Å². The van der Waals surface area contributed by atoms with E-state index in [-0.39, 0.29) is 11.9 Å². The molecule has 0 atom stereocenters. The standard InChI is InChI=1S/C32H48O5/c1-7-8-9-10-11-12-13-14-22-34-31-30(35-23-21-26(6)18-15-17-24(2)3)27-19-16-20-28(36-25(4)5)29(27)37-32(31)33/h16-17,19-21,25H,7-15,18,22-23H2,1-6H3/b26-21+. The number of fused-ring (bicyclic) bond motifs is 1. The molecule has 0 unspecified atom stereocenters. The largest absolute Gasteiger partial charge is 0.487 e. The van der Waals surface area contributed by atoms with Crippen molar-refractivity contribution in [2.75, 3.05) is 13.2 Å². The van der Waals surface area contributed by atoms with Crippen LogP contribution in [0, 0.1) is 0 Å². The van der Waals surface area contributed by atoms with Crippen LogP contribution in [-0.2, 0) is 0 Å². The molecule has 0 N–H and O–H groups in total. The molecule has 1 aromatic carbocycles. The van der Waals surface area contributed by atoms with Crippen LogP contribution in [0.1, 0.15) is 106 Å². The lowest BCUT2D eigenvalue weighted by Crippen LogP contribution is -2.12. The van der Waals surface area contributed by atoms with E-state index < -0.39 is 5.63 Å². The summed E-state index contributed by atoms with van der Waals surface area (Å²) in [5.41, 5.74) is 2.42. The maximum absolute atomic E-state index is 13.0. The summed E-state index contributed by atoms with van der Waals surface area (Å²) in [7, 11) is 0. The predicted octanol–water partition coefficient (Wildman–Crippen LogP) is 9.17. The number of allylic oxidation sites excluding steroid dienone is 3. The van der Waals surface area contributed by atoms with Crippen molar-refractivity contribution in [2.45, 2.75) is 112 Å². The molecule has 5 heteroatoms. The highest BCUT2D eigenvalue weighted by atomic mass is 16.5. The Bertz CT molecular complexity index is 1060. The second-order valence-corrected chi connectivity index (χ2v) is 10.4. The number of hydrogen-bond donors (Lipinski definition) is 0. The molecule has 0 amide bonds. The van der Waals surface area contributed by atoms with Gasteiger partial charge in [0.25, 0.3) is 0 Å². The maximum atomic E-state index is 13.0. The van der Waals surface area contributed by atoms with Crippen molar-refractivity contribution in [3.8, 4) is 17.2 Å². The molecule has 1 aromatic heterocycles. The number of para-hydroxylation sites is 1. The van der Waals surface area contributed by atoms with Crippen molar-refractivity contribution in [1.82, 2.24) is 0 Å². The molecule has 1 heterocycles. The minimum atomic E-state index is -0.536. The average Bonchev–Trinajstić information content (AvgIpc) is 2.84. The van der Waals surface area contributed by atoms with E-state index in [1.807, 2.05) is 32.0 Å². The van der Waals surface area contributed by atoms with Gasteiger partial charge in [0.2, 0.25) is 5.75 Å². The third kappa shape index (κ3) is 11.1. The minimum absolute atomic E-state index is 0.0513. The van der Waals surface area contributed by atoms with Crippen LogP contribution in [0.4, 0.5) is 0 Å². The first-order valence-electron chi connectivity index (χ1n) is 14.1. The van der Waals surface area contributed by atoms with E-state index in [4.69, 9.17) is 18.6 Å². The molecule has 37 heavy (non-hydrogen) atoms. The van der Waals surface area contributed by atoms with Crippen LogP contribution in [0.2, 0.25) is 0 Å². The van der Waals surface area contributed by atoms with E-state index in [1.54, 1.807) is 0 Å².